The summed E-state index contributed by atoms with van der Waals surface area (Å²) in [7, 11) is 0. The normalized spacial score (nSPS) is 10.1. The molecular weight excluding hydrogens is 348 g/mol. The van der Waals surface area contributed by atoms with E-state index in [-0.39, 0.29) is 11.8 Å². The number of benzene rings is 1. The van der Waals surface area contributed by atoms with Crippen molar-refractivity contribution in [2.75, 3.05) is 26.2 Å². The molecule has 0 aliphatic carbocycles. The predicted octanol–water partition coefficient (Wildman–Crippen LogP) is 4.88. The first-order chi connectivity index (χ1) is 13.0. The monoisotopic (exact) mass is 380 g/mol. The van der Waals surface area contributed by atoms with E-state index in [1.165, 1.54) is 0 Å². The second kappa shape index (κ2) is 10.5. The van der Waals surface area contributed by atoms with Crippen LogP contribution in [0.15, 0.2) is 72.9 Å². The molecule has 0 aliphatic heterocycles. The molecule has 0 N–H and O–H groups in total. The van der Waals surface area contributed by atoms with Crippen LogP contribution >= 0.6 is 0 Å². The third kappa shape index (κ3) is 7.39. The van der Waals surface area contributed by atoms with E-state index in [0.29, 0.717) is 37.3 Å². The van der Waals surface area contributed by atoms with Crippen LogP contribution in [0.5, 0.6) is 0 Å². The van der Waals surface area contributed by atoms with Crippen molar-refractivity contribution in [2.24, 2.45) is 0 Å². The van der Waals surface area contributed by atoms with Crippen LogP contribution in [0, 0.1) is 0 Å². The maximum absolute atomic E-state index is 13.0. The van der Waals surface area contributed by atoms with Crippen molar-refractivity contribution in [1.82, 2.24) is 9.80 Å². The number of carbonyl (C=O) groups is 2. The van der Waals surface area contributed by atoms with Crippen molar-refractivity contribution in [3.8, 4) is 0 Å². The Bertz CT molecular complexity index is 709. The average molecular weight is 381 g/mol. The number of hydrogen-bond donors (Lipinski definition) is 0. The Morgan fingerprint density at radius 3 is 1.21 bits per heavy atom. The molecule has 0 saturated carbocycles. The van der Waals surface area contributed by atoms with Gasteiger partial charge in [-0.2, -0.15) is 0 Å². The summed E-state index contributed by atoms with van der Waals surface area (Å²) in [5.41, 5.74) is 4.48. The third-order valence-electron chi connectivity index (χ3n) is 3.77. The molecule has 0 atom stereocenters. The lowest BCUT2D eigenvalue weighted by molar-refractivity contribution is 0.0781. The summed E-state index contributed by atoms with van der Waals surface area (Å²) in [6.45, 7) is 24.9. The number of amides is 2. The Labute approximate surface area is 169 Å². The topological polar surface area (TPSA) is 40.6 Å². The van der Waals surface area contributed by atoms with Gasteiger partial charge in [0.25, 0.3) is 11.8 Å². The quantitative estimate of drug-likeness (QED) is 0.543. The van der Waals surface area contributed by atoms with Gasteiger partial charge in [0.15, 0.2) is 0 Å². The molecule has 0 unspecified atom stereocenters. The molecule has 0 radical (unpaired) electrons. The van der Waals surface area contributed by atoms with Crippen molar-refractivity contribution in [1.29, 1.82) is 0 Å². The van der Waals surface area contributed by atoms with Crippen molar-refractivity contribution < 1.29 is 9.59 Å². The summed E-state index contributed by atoms with van der Waals surface area (Å²) in [5.74, 6) is -0.293. The molecule has 0 fully saturated rings. The minimum atomic E-state index is -0.146. The van der Waals surface area contributed by atoms with E-state index in [4.69, 9.17) is 0 Å². The maximum atomic E-state index is 13.0. The van der Waals surface area contributed by atoms with Crippen LogP contribution in [0.25, 0.3) is 0 Å². The number of carbonyl (C=O) groups excluding carboxylic acids is 2. The maximum Gasteiger partial charge on any atom is 0.254 e. The SMILES string of the molecule is C=C(C)CN(CC(=C)C)C(=O)c1cccc(C(=O)N(CC(=C)C)CC(=C)C)c1. The molecule has 0 saturated heterocycles. The van der Waals surface area contributed by atoms with Crippen LogP contribution in [0.1, 0.15) is 48.4 Å². The molecule has 2 amide bonds. The van der Waals surface area contributed by atoms with Gasteiger partial charge < -0.3 is 9.80 Å². The Kier molecular flexibility index (Phi) is 8.65. The van der Waals surface area contributed by atoms with Gasteiger partial charge in [0.05, 0.1) is 0 Å². The first-order valence-corrected chi connectivity index (χ1v) is 9.27. The molecule has 0 heterocycles. The molecule has 0 bridgehead atoms. The molecule has 28 heavy (non-hydrogen) atoms. The van der Waals surface area contributed by atoms with Gasteiger partial charge in [-0.3, -0.25) is 9.59 Å². The molecule has 1 aromatic rings. The summed E-state index contributed by atoms with van der Waals surface area (Å²) < 4.78 is 0. The Morgan fingerprint density at radius 1 is 0.679 bits per heavy atom. The minimum absolute atomic E-state index is 0.146. The van der Waals surface area contributed by atoms with Crippen LogP contribution in [0.2, 0.25) is 0 Å². The van der Waals surface area contributed by atoms with E-state index in [1.807, 2.05) is 27.7 Å². The van der Waals surface area contributed by atoms with E-state index in [1.54, 1.807) is 34.1 Å². The fraction of sp³-hybridized carbons (Fsp3) is 0.333. The predicted molar refractivity (Wildman–Crippen MR) is 118 cm³/mol. The Hall–Kier alpha value is -2.88. The summed E-state index contributed by atoms with van der Waals surface area (Å²) in [6.07, 6.45) is 0. The van der Waals surface area contributed by atoms with Gasteiger partial charge >= 0.3 is 0 Å². The van der Waals surface area contributed by atoms with Gasteiger partial charge in [0.1, 0.15) is 0 Å². The zero-order chi connectivity index (χ0) is 21.4. The highest BCUT2D eigenvalue weighted by atomic mass is 16.2. The van der Waals surface area contributed by atoms with Gasteiger partial charge in [-0.05, 0) is 45.9 Å². The molecule has 4 nitrogen and oxygen atoms in total. The molecule has 1 rings (SSSR count). The van der Waals surface area contributed by atoms with Crippen LogP contribution < -0.4 is 0 Å². The van der Waals surface area contributed by atoms with Gasteiger partial charge in [-0.1, -0.05) is 54.7 Å². The van der Waals surface area contributed by atoms with Gasteiger partial charge in [-0.25, -0.2) is 0 Å². The van der Waals surface area contributed by atoms with E-state index in [2.05, 4.69) is 26.3 Å². The lowest BCUT2D eigenvalue weighted by atomic mass is 10.1. The summed E-state index contributed by atoms with van der Waals surface area (Å²) in [5, 5.41) is 0. The highest BCUT2D eigenvalue weighted by molar-refractivity contribution is 6.00. The lowest BCUT2D eigenvalue weighted by Crippen LogP contribution is -2.35. The largest absolute Gasteiger partial charge is 0.331 e. The van der Waals surface area contributed by atoms with Crippen molar-refractivity contribution in [2.45, 2.75) is 27.7 Å². The molecule has 150 valence electrons. The summed E-state index contributed by atoms with van der Waals surface area (Å²) >= 11 is 0. The van der Waals surface area contributed by atoms with Crippen molar-refractivity contribution >= 4 is 11.8 Å². The zero-order valence-corrected chi connectivity index (χ0v) is 17.7. The molecule has 0 spiro atoms. The third-order valence-corrected chi connectivity index (χ3v) is 3.77. The lowest BCUT2D eigenvalue weighted by Gasteiger charge is -2.25. The number of nitrogens with zero attached hydrogens (tertiary/aromatic N) is 2. The molecule has 0 aliphatic rings. The first kappa shape index (κ1) is 23.2. The number of hydrogen-bond acceptors (Lipinski definition) is 2. The van der Waals surface area contributed by atoms with Crippen LogP contribution in [0.4, 0.5) is 0 Å². The highest BCUT2D eigenvalue weighted by Crippen LogP contribution is 2.14. The van der Waals surface area contributed by atoms with Crippen LogP contribution in [-0.4, -0.2) is 47.8 Å². The van der Waals surface area contributed by atoms with Gasteiger partial charge in [0, 0.05) is 37.3 Å². The second-order valence-corrected chi connectivity index (χ2v) is 7.73. The van der Waals surface area contributed by atoms with E-state index < -0.39 is 0 Å². The van der Waals surface area contributed by atoms with Gasteiger partial charge in [-0.15, -0.1) is 0 Å². The van der Waals surface area contributed by atoms with E-state index in [9.17, 15) is 9.59 Å². The fourth-order valence-corrected chi connectivity index (χ4v) is 2.85. The number of rotatable bonds is 10. The Balaban J connectivity index is 3.17. The molecule has 0 aromatic heterocycles. The average Bonchev–Trinajstić information content (AvgIpc) is 2.57. The van der Waals surface area contributed by atoms with Crippen LogP contribution in [-0.2, 0) is 0 Å². The summed E-state index contributed by atoms with van der Waals surface area (Å²) in [6, 6.07) is 6.84. The minimum Gasteiger partial charge on any atom is -0.331 e. The zero-order valence-electron chi connectivity index (χ0n) is 17.7. The smallest absolute Gasteiger partial charge is 0.254 e. The van der Waals surface area contributed by atoms with E-state index >= 15 is 0 Å². The fourth-order valence-electron chi connectivity index (χ4n) is 2.85. The first-order valence-electron chi connectivity index (χ1n) is 9.27. The molecule has 1 aromatic carbocycles. The standard InChI is InChI=1S/C24H32N2O2/c1-17(2)13-25(14-18(3)4)23(27)21-10-9-11-22(12-21)24(28)26(15-19(5)6)16-20(7)8/h9-12H,1,3,5,7,13-16H2,2,4,6,8H3. The second-order valence-electron chi connectivity index (χ2n) is 7.73. The van der Waals surface area contributed by atoms with E-state index in [0.717, 1.165) is 22.3 Å². The van der Waals surface area contributed by atoms with Crippen molar-refractivity contribution in [3.63, 3.8) is 0 Å². The summed E-state index contributed by atoms with van der Waals surface area (Å²) in [4.78, 5) is 29.4. The van der Waals surface area contributed by atoms with Gasteiger partial charge in [0.2, 0.25) is 0 Å². The Morgan fingerprint density at radius 2 is 0.964 bits per heavy atom. The molecular formula is C24H32N2O2. The highest BCUT2D eigenvalue weighted by Gasteiger charge is 2.20. The van der Waals surface area contributed by atoms with Crippen molar-refractivity contribution in [3.05, 3.63) is 84.0 Å². The van der Waals surface area contributed by atoms with Crippen LogP contribution in [0.3, 0.4) is 0 Å². The molecule has 4 heteroatoms.